The van der Waals surface area contributed by atoms with E-state index in [1.165, 1.54) is 0 Å². The number of carbonyl (C=O) groups is 2. The maximum absolute atomic E-state index is 12.0. The first-order chi connectivity index (χ1) is 9.42. The van der Waals surface area contributed by atoms with E-state index in [4.69, 9.17) is 0 Å². The monoisotopic (exact) mass is 280 g/mol. The lowest BCUT2D eigenvalue weighted by Gasteiger charge is -2.21. The first-order valence-corrected chi connectivity index (χ1v) is 7.36. The fourth-order valence-electron chi connectivity index (χ4n) is 1.98. The SMILES string of the molecule is C=C(CCC(=C)C(=O)N(CC)CC)C(=O)N(CC)CC. The van der Waals surface area contributed by atoms with Gasteiger partial charge in [-0.1, -0.05) is 13.2 Å². The first-order valence-electron chi connectivity index (χ1n) is 7.36. The van der Waals surface area contributed by atoms with Gasteiger partial charge < -0.3 is 9.80 Å². The second-order valence-corrected chi connectivity index (χ2v) is 4.66. The fourth-order valence-corrected chi connectivity index (χ4v) is 1.98. The maximum atomic E-state index is 12.0. The highest BCUT2D eigenvalue weighted by atomic mass is 16.2. The van der Waals surface area contributed by atoms with Gasteiger partial charge in [0.1, 0.15) is 0 Å². The molecule has 0 aliphatic carbocycles. The summed E-state index contributed by atoms with van der Waals surface area (Å²) in [6.45, 7) is 18.1. The fraction of sp³-hybridized carbons (Fsp3) is 0.625. The van der Waals surface area contributed by atoms with Gasteiger partial charge in [-0.15, -0.1) is 0 Å². The molecule has 4 nitrogen and oxygen atoms in total. The van der Waals surface area contributed by atoms with Crippen molar-refractivity contribution in [3.63, 3.8) is 0 Å². The molecule has 0 aromatic heterocycles. The van der Waals surface area contributed by atoms with Gasteiger partial charge in [0.05, 0.1) is 0 Å². The number of likely N-dealkylation sites (N-methyl/N-ethyl adjacent to an activating group) is 2. The molecule has 0 heterocycles. The first kappa shape index (κ1) is 18.4. The van der Waals surface area contributed by atoms with Crippen molar-refractivity contribution in [3.8, 4) is 0 Å². The van der Waals surface area contributed by atoms with Crippen LogP contribution in [0, 0.1) is 0 Å². The van der Waals surface area contributed by atoms with Gasteiger partial charge in [-0.05, 0) is 40.5 Å². The Morgan fingerprint density at radius 2 is 0.950 bits per heavy atom. The quantitative estimate of drug-likeness (QED) is 0.609. The third-order valence-electron chi connectivity index (χ3n) is 3.43. The molecule has 0 N–H and O–H groups in total. The molecule has 4 heteroatoms. The zero-order valence-electron chi connectivity index (χ0n) is 13.4. The van der Waals surface area contributed by atoms with E-state index in [2.05, 4.69) is 13.2 Å². The Labute approximate surface area is 123 Å². The van der Waals surface area contributed by atoms with Gasteiger partial charge in [-0.25, -0.2) is 0 Å². The van der Waals surface area contributed by atoms with Crippen molar-refractivity contribution in [1.82, 2.24) is 9.80 Å². The highest BCUT2D eigenvalue weighted by molar-refractivity contribution is 5.94. The van der Waals surface area contributed by atoms with Crippen molar-refractivity contribution < 1.29 is 9.59 Å². The van der Waals surface area contributed by atoms with Crippen molar-refractivity contribution in [3.05, 3.63) is 24.3 Å². The number of amides is 2. The largest absolute Gasteiger partial charge is 0.340 e. The molecule has 0 radical (unpaired) electrons. The molecular weight excluding hydrogens is 252 g/mol. The number of hydrogen-bond acceptors (Lipinski definition) is 2. The summed E-state index contributed by atoms with van der Waals surface area (Å²) in [7, 11) is 0. The Bertz CT molecular complexity index is 331. The van der Waals surface area contributed by atoms with E-state index >= 15 is 0 Å². The predicted octanol–water partition coefficient (Wildman–Crippen LogP) is 2.62. The summed E-state index contributed by atoms with van der Waals surface area (Å²) in [6, 6.07) is 0. The van der Waals surface area contributed by atoms with Gasteiger partial charge in [0.25, 0.3) is 0 Å². The molecule has 0 saturated heterocycles. The second-order valence-electron chi connectivity index (χ2n) is 4.66. The molecule has 20 heavy (non-hydrogen) atoms. The van der Waals surface area contributed by atoms with Crippen LogP contribution in [-0.4, -0.2) is 47.8 Å². The van der Waals surface area contributed by atoms with Gasteiger partial charge >= 0.3 is 0 Å². The van der Waals surface area contributed by atoms with Crippen molar-refractivity contribution in [2.24, 2.45) is 0 Å². The number of hydrogen-bond donors (Lipinski definition) is 0. The summed E-state index contributed by atoms with van der Waals surface area (Å²) in [6.07, 6.45) is 0.975. The summed E-state index contributed by atoms with van der Waals surface area (Å²) in [5.41, 5.74) is 1.09. The van der Waals surface area contributed by atoms with E-state index in [-0.39, 0.29) is 11.8 Å². The van der Waals surface area contributed by atoms with Crippen molar-refractivity contribution in [2.75, 3.05) is 26.2 Å². The Morgan fingerprint density at radius 3 is 1.15 bits per heavy atom. The Morgan fingerprint density at radius 1 is 0.700 bits per heavy atom. The molecule has 0 rings (SSSR count). The van der Waals surface area contributed by atoms with Crippen LogP contribution in [0.25, 0.3) is 0 Å². The van der Waals surface area contributed by atoms with E-state index in [1.807, 2.05) is 27.7 Å². The van der Waals surface area contributed by atoms with E-state index in [1.54, 1.807) is 9.80 Å². The van der Waals surface area contributed by atoms with Crippen molar-refractivity contribution >= 4 is 11.8 Å². The van der Waals surface area contributed by atoms with Crippen LogP contribution in [0.15, 0.2) is 24.3 Å². The highest BCUT2D eigenvalue weighted by Gasteiger charge is 2.17. The van der Waals surface area contributed by atoms with E-state index in [9.17, 15) is 9.59 Å². The Hall–Kier alpha value is -1.58. The number of rotatable bonds is 9. The minimum Gasteiger partial charge on any atom is -0.340 e. The molecule has 0 aliphatic heterocycles. The van der Waals surface area contributed by atoms with Crippen LogP contribution < -0.4 is 0 Å². The lowest BCUT2D eigenvalue weighted by molar-refractivity contribution is -0.128. The average Bonchev–Trinajstić information content (AvgIpc) is 2.46. The van der Waals surface area contributed by atoms with Crippen LogP contribution >= 0.6 is 0 Å². The summed E-state index contributed by atoms with van der Waals surface area (Å²) in [5, 5.41) is 0. The minimum absolute atomic E-state index is 0.0295. The Balaban J connectivity index is 4.41. The van der Waals surface area contributed by atoms with E-state index < -0.39 is 0 Å². The van der Waals surface area contributed by atoms with E-state index in [0.29, 0.717) is 50.2 Å². The third-order valence-corrected chi connectivity index (χ3v) is 3.43. The van der Waals surface area contributed by atoms with Crippen LogP contribution in [-0.2, 0) is 9.59 Å². The number of nitrogens with zero attached hydrogens (tertiary/aromatic N) is 2. The standard InChI is InChI=1S/C16H28N2O2/c1-7-17(8-2)15(19)13(5)11-12-14(6)16(20)18(9-3)10-4/h5-12H2,1-4H3. The molecule has 0 unspecified atom stereocenters. The molecule has 0 aromatic rings. The van der Waals surface area contributed by atoms with Crippen LogP contribution in [0.1, 0.15) is 40.5 Å². The lowest BCUT2D eigenvalue weighted by atomic mass is 10.0. The van der Waals surface area contributed by atoms with Crippen LogP contribution in [0.2, 0.25) is 0 Å². The molecule has 0 aliphatic rings. The molecule has 0 bridgehead atoms. The zero-order chi connectivity index (χ0) is 15.7. The Kier molecular flexibility index (Phi) is 8.61. The molecule has 0 saturated carbocycles. The number of carbonyl (C=O) groups excluding carboxylic acids is 2. The maximum Gasteiger partial charge on any atom is 0.249 e. The molecule has 0 atom stereocenters. The van der Waals surface area contributed by atoms with Gasteiger partial charge in [-0.2, -0.15) is 0 Å². The topological polar surface area (TPSA) is 40.6 Å². The van der Waals surface area contributed by atoms with Crippen molar-refractivity contribution in [1.29, 1.82) is 0 Å². The summed E-state index contributed by atoms with van der Waals surface area (Å²) >= 11 is 0. The van der Waals surface area contributed by atoms with Gasteiger partial charge in [0, 0.05) is 37.3 Å². The molecule has 0 fully saturated rings. The van der Waals surface area contributed by atoms with Gasteiger partial charge in [-0.3, -0.25) is 9.59 Å². The van der Waals surface area contributed by atoms with Crippen molar-refractivity contribution in [2.45, 2.75) is 40.5 Å². The third kappa shape index (κ3) is 5.19. The summed E-state index contributed by atoms with van der Waals surface area (Å²) in [5.74, 6) is -0.0591. The van der Waals surface area contributed by atoms with Crippen LogP contribution in [0.4, 0.5) is 0 Å². The zero-order valence-corrected chi connectivity index (χ0v) is 13.4. The van der Waals surface area contributed by atoms with Crippen LogP contribution in [0.3, 0.4) is 0 Å². The summed E-state index contributed by atoms with van der Waals surface area (Å²) < 4.78 is 0. The van der Waals surface area contributed by atoms with Gasteiger partial charge in [0.2, 0.25) is 11.8 Å². The van der Waals surface area contributed by atoms with Gasteiger partial charge in [0.15, 0.2) is 0 Å². The molecule has 0 aromatic carbocycles. The molecular formula is C16H28N2O2. The second kappa shape index (κ2) is 9.34. The molecule has 2 amide bonds. The molecule has 114 valence electrons. The smallest absolute Gasteiger partial charge is 0.249 e. The summed E-state index contributed by atoms with van der Waals surface area (Å²) in [4.78, 5) is 27.5. The minimum atomic E-state index is -0.0295. The predicted molar refractivity (Wildman–Crippen MR) is 83.4 cm³/mol. The molecule has 0 spiro atoms. The van der Waals surface area contributed by atoms with E-state index in [0.717, 1.165) is 0 Å². The van der Waals surface area contributed by atoms with Crippen LogP contribution in [0.5, 0.6) is 0 Å². The average molecular weight is 280 g/mol. The highest BCUT2D eigenvalue weighted by Crippen LogP contribution is 2.13. The normalized spacial score (nSPS) is 10.0. The lowest BCUT2D eigenvalue weighted by Crippen LogP contribution is -2.32.